The van der Waals surface area contributed by atoms with E-state index >= 15 is 0 Å². The van der Waals surface area contributed by atoms with E-state index in [1.807, 2.05) is 0 Å². The van der Waals surface area contributed by atoms with Crippen LogP contribution in [0, 0.1) is 5.41 Å². The van der Waals surface area contributed by atoms with Crippen LogP contribution in [-0.2, 0) is 19.1 Å². The molecule has 0 aromatic rings. The van der Waals surface area contributed by atoms with Crippen LogP contribution in [0.5, 0.6) is 0 Å². The molecule has 1 heterocycles. The number of nitrogens with one attached hydrogen (secondary N) is 1. The topological polar surface area (TPSA) is 64.6 Å². The van der Waals surface area contributed by atoms with Gasteiger partial charge in [0, 0.05) is 20.4 Å². The molecule has 0 bridgehead atoms. The molecule has 1 aliphatic rings. The molecule has 1 rings (SSSR count). The Balaban J connectivity index is 2.98. The van der Waals surface area contributed by atoms with E-state index in [0.29, 0.717) is 11.6 Å². The number of hydrogen-bond acceptors (Lipinski definition) is 6. The summed E-state index contributed by atoms with van der Waals surface area (Å²) in [6.07, 6.45) is 1.79. The monoisotopic (exact) mass is 287 g/mol. The lowest BCUT2D eigenvalue weighted by Gasteiger charge is -2.31. The number of hydrogen-bond donors (Lipinski definition) is 1. The summed E-state index contributed by atoms with van der Waals surface area (Å²) in [5, 5.41) is 3.59. The second-order valence-corrected chi connectivity index (χ2v) is 6.82. The van der Waals surface area contributed by atoms with Gasteiger partial charge in [-0.05, 0) is 11.7 Å². The first kappa shape index (κ1) is 15.9. The van der Waals surface area contributed by atoms with Gasteiger partial charge in [0.2, 0.25) is 0 Å². The minimum absolute atomic E-state index is 0.0310. The Morgan fingerprint density at radius 3 is 2.05 bits per heavy atom. The highest BCUT2D eigenvalue weighted by Crippen LogP contribution is 2.27. The third kappa shape index (κ3) is 4.45. The number of rotatable bonds is 3. The Bertz CT molecular complexity index is 399. The number of ether oxygens (including phenoxy) is 2. The molecule has 6 heteroatoms. The van der Waals surface area contributed by atoms with Gasteiger partial charge >= 0.3 is 11.9 Å². The second-order valence-electron chi connectivity index (χ2n) is 6.00. The maximum absolute atomic E-state index is 11.9. The Kier molecular flexibility index (Phi) is 4.55. The normalized spacial score (nSPS) is 18.7. The van der Waals surface area contributed by atoms with Crippen molar-refractivity contribution >= 4 is 23.7 Å². The number of thioether (sulfide) groups is 1. The number of cyclic esters (lactones) is 2. The lowest BCUT2D eigenvalue weighted by molar-refractivity contribution is -0.222. The summed E-state index contributed by atoms with van der Waals surface area (Å²) < 4.78 is 10.2. The van der Waals surface area contributed by atoms with E-state index in [0.717, 1.165) is 0 Å². The van der Waals surface area contributed by atoms with Crippen LogP contribution < -0.4 is 5.32 Å². The Hall–Kier alpha value is -1.17. The molecule has 0 amide bonds. The number of esters is 2. The van der Waals surface area contributed by atoms with Crippen molar-refractivity contribution in [2.45, 2.75) is 40.4 Å². The van der Waals surface area contributed by atoms with Gasteiger partial charge in [0.1, 0.15) is 0 Å². The molecule has 0 aromatic heterocycles. The predicted octanol–water partition coefficient (Wildman–Crippen LogP) is 2.03. The fraction of sp³-hybridized carbons (Fsp3) is 0.692. The van der Waals surface area contributed by atoms with Gasteiger partial charge in [-0.25, -0.2) is 9.59 Å². The van der Waals surface area contributed by atoms with Gasteiger partial charge in [-0.3, -0.25) is 0 Å². The van der Waals surface area contributed by atoms with Crippen molar-refractivity contribution in [3.8, 4) is 0 Å². The molecule has 5 nitrogen and oxygen atoms in total. The van der Waals surface area contributed by atoms with Gasteiger partial charge in [-0.15, -0.1) is 11.8 Å². The summed E-state index contributed by atoms with van der Waals surface area (Å²) >= 11 is 1.29. The smallest absolute Gasteiger partial charge is 0.351 e. The van der Waals surface area contributed by atoms with Gasteiger partial charge in [-0.1, -0.05) is 20.8 Å². The molecule has 0 radical (unpaired) electrons. The average molecular weight is 287 g/mol. The fourth-order valence-corrected chi connectivity index (χ4v) is 2.03. The number of carbonyl (C=O) groups is 2. The first-order valence-corrected chi connectivity index (χ1v) is 7.27. The molecule has 1 saturated heterocycles. The van der Waals surface area contributed by atoms with E-state index in [9.17, 15) is 9.59 Å². The summed E-state index contributed by atoms with van der Waals surface area (Å²) in [4.78, 5) is 23.8. The molecule has 1 aliphatic heterocycles. The zero-order valence-electron chi connectivity index (χ0n) is 12.2. The largest absolute Gasteiger partial charge is 0.419 e. The Morgan fingerprint density at radius 1 is 1.21 bits per heavy atom. The van der Waals surface area contributed by atoms with Crippen molar-refractivity contribution < 1.29 is 19.1 Å². The fourth-order valence-electron chi connectivity index (χ4n) is 1.45. The van der Waals surface area contributed by atoms with Crippen molar-refractivity contribution in [3.05, 3.63) is 10.6 Å². The van der Waals surface area contributed by atoms with Gasteiger partial charge in [0.05, 0.1) is 5.03 Å². The zero-order chi connectivity index (χ0) is 14.8. The van der Waals surface area contributed by atoms with E-state index in [2.05, 4.69) is 26.1 Å². The van der Waals surface area contributed by atoms with Crippen LogP contribution >= 0.6 is 11.8 Å². The lowest BCUT2D eigenvalue weighted by atomic mass is 9.97. The summed E-state index contributed by atoms with van der Waals surface area (Å²) in [5.41, 5.74) is -0.0282. The summed E-state index contributed by atoms with van der Waals surface area (Å²) in [6, 6.07) is 0. The molecule has 19 heavy (non-hydrogen) atoms. The molecule has 0 saturated carbocycles. The van der Waals surface area contributed by atoms with Crippen molar-refractivity contribution in [2.24, 2.45) is 5.41 Å². The van der Waals surface area contributed by atoms with E-state index in [1.165, 1.54) is 25.6 Å². The third-order valence-electron chi connectivity index (χ3n) is 2.30. The van der Waals surface area contributed by atoms with Crippen molar-refractivity contribution in [1.29, 1.82) is 0 Å². The van der Waals surface area contributed by atoms with Gasteiger partial charge < -0.3 is 14.8 Å². The Morgan fingerprint density at radius 2 is 1.68 bits per heavy atom. The molecule has 0 unspecified atom stereocenters. The Labute approximate surface area is 118 Å². The van der Waals surface area contributed by atoms with Crippen LogP contribution in [0.15, 0.2) is 10.6 Å². The summed E-state index contributed by atoms with van der Waals surface area (Å²) in [6.45, 7) is 9.87. The zero-order valence-corrected chi connectivity index (χ0v) is 13.1. The van der Waals surface area contributed by atoms with Crippen LogP contribution in [0.1, 0.15) is 34.6 Å². The molecule has 1 N–H and O–H groups in total. The summed E-state index contributed by atoms with van der Waals surface area (Å²) in [5.74, 6) is -2.50. The molecule has 0 aliphatic carbocycles. The van der Waals surface area contributed by atoms with E-state index < -0.39 is 17.7 Å². The first-order chi connectivity index (χ1) is 8.56. The maximum Gasteiger partial charge on any atom is 0.351 e. The number of carbonyl (C=O) groups excluding carboxylic acids is 2. The van der Waals surface area contributed by atoms with Gasteiger partial charge in [-0.2, -0.15) is 0 Å². The van der Waals surface area contributed by atoms with E-state index in [1.54, 1.807) is 6.26 Å². The van der Waals surface area contributed by atoms with Crippen molar-refractivity contribution in [1.82, 2.24) is 5.32 Å². The minimum Gasteiger partial charge on any atom is -0.419 e. The van der Waals surface area contributed by atoms with E-state index in [-0.39, 0.29) is 11.0 Å². The molecule has 0 spiro atoms. The third-order valence-corrected chi connectivity index (χ3v) is 3.05. The highest BCUT2D eigenvalue weighted by Gasteiger charge is 2.41. The molecule has 0 atom stereocenters. The SMILES string of the molecule is CSC(NCC(C)(C)C)=C1C(=O)OC(C)(C)OC1=O. The molecular formula is C13H21NO4S. The van der Waals surface area contributed by atoms with Crippen molar-refractivity contribution in [2.75, 3.05) is 12.8 Å². The van der Waals surface area contributed by atoms with Gasteiger partial charge in [0.15, 0.2) is 5.57 Å². The van der Waals surface area contributed by atoms with Gasteiger partial charge in [0.25, 0.3) is 5.79 Å². The van der Waals surface area contributed by atoms with Crippen molar-refractivity contribution in [3.63, 3.8) is 0 Å². The van der Waals surface area contributed by atoms with Crippen LogP contribution in [0.25, 0.3) is 0 Å². The molecular weight excluding hydrogens is 266 g/mol. The standard InChI is InChI=1S/C13H21NO4S/c1-12(2,3)7-14-9(19-6)8-10(15)17-13(4,5)18-11(8)16/h14H,7H2,1-6H3. The quantitative estimate of drug-likeness (QED) is 0.487. The average Bonchev–Trinajstić information content (AvgIpc) is 2.18. The van der Waals surface area contributed by atoms with E-state index in [4.69, 9.17) is 9.47 Å². The lowest BCUT2D eigenvalue weighted by Crippen LogP contribution is -2.43. The van der Waals surface area contributed by atoms with Crippen LogP contribution in [-0.4, -0.2) is 30.5 Å². The van der Waals surface area contributed by atoms with Crippen LogP contribution in [0.4, 0.5) is 0 Å². The van der Waals surface area contributed by atoms with Crippen LogP contribution in [0.2, 0.25) is 0 Å². The highest BCUT2D eigenvalue weighted by atomic mass is 32.2. The summed E-state index contributed by atoms with van der Waals surface area (Å²) in [7, 11) is 0. The minimum atomic E-state index is -1.20. The molecule has 1 fully saturated rings. The van der Waals surface area contributed by atoms with Crippen LogP contribution in [0.3, 0.4) is 0 Å². The molecule has 0 aromatic carbocycles. The first-order valence-electron chi connectivity index (χ1n) is 6.04. The predicted molar refractivity (Wildman–Crippen MR) is 74.3 cm³/mol. The maximum atomic E-state index is 11.9. The molecule has 108 valence electrons. The highest BCUT2D eigenvalue weighted by molar-refractivity contribution is 8.02. The second kappa shape index (κ2) is 5.45.